The Morgan fingerprint density at radius 3 is 0.967 bits per heavy atom. The summed E-state index contributed by atoms with van der Waals surface area (Å²) in [4.78, 5) is 8.89. The molecular weight excluding hydrogens is 370 g/mol. The van der Waals surface area contributed by atoms with Gasteiger partial charge in [0.25, 0.3) is 0 Å². The van der Waals surface area contributed by atoms with E-state index in [0.29, 0.717) is 0 Å². The smallest absolute Gasteiger partial charge is 0.0784 e. The number of carboxylic acid groups (broad SMARTS) is 1. The fraction of sp³-hybridized carbons (Fsp3) is 0.963. The summed E-state index contributed by atoms with van der Waals surface area (Å²) in [5.41, 5.74) is 0. The number of quaternary nitrogens is 1. The molecule has 0 radical (unpaired) electrons. The quantitative estimate of drug-likeness (QED) is 0.143. The van der Waals surface area contributed by atoms with Gasteiger partial charge in [-0.2, -0.15) is 0 Å². The van der Waals surface area contributed by atoms with Crippen LogP contribution in [-0.4, -0.2) is 37.1 Å². The van der Waals surface area contributed by atoms with Crippen molar-refractivity contribution in [3.8, 4) is 0 Å². The number of carbonyl (C=O) groups is 1. The van der Waals surface area contributed by atoms with Gasteiger partial charge < -0.3 is 14.4 Å². The van der Waals surface area contributed by atoms with E-state index in [1.807, 2.05) is 0 Å². The van der Waals surface area contributed by atoms with Crippen LogP contribution in [0.25, 0.3) is 0 Å². The van der Waals surface area contributed by atoms with Crippen LogP contribution < -0.4 is 5.11 Å². The van der Waals surface area contributed by atoms with Crippen LogP contribution in [0.15, 0.2) is 0 Å². The third-order valence-electron chi connectivity index (χ3n) is 6.15. The maximum atomic E-state index is 8.89. The van der Waals surface area contributed by atoms with Crippen LogP contribution in [0.5, 0.6) is 0 Å². The fourth-order valence-electron chi connectivity index (χ4n) is 4.16. The average Bonchev–Trinajstić information content (AvgIpc) is 2.70. The van der Waals surface area contributed by atoms with Gasteiger partial charge in [-0.15, -0.1) is 0 Å². The Morgan fingerprint density at radius 1 is 0.533 bits per heavy atom. The zero-order valence-corrected chi connectivity index (χ0v) is 21.6. The number of carbonyl (C=O) groups excluding carboxylic acids is 1. The molecule has 0 unspecified atom stereocenters. The second-order valence-electron chi connectivity index (χ2n) is 9.59. The van der Waals surface area contributed by atoms with Crippen molar-refractivity contribution in [2.45, 2.75) is 143 Å². The Balaban J connectivity index is 0. The van der Waals surface area contributed by atoms with E-state index in [4.69, 9.17) is 9.90 Å². The van der Waals surface area contributed by atoms with Crippen molar-refractivity contribution in [3.05, 3.63) is 0 Å². The van der Waals surface area contributed by atoms with Gasteiger partial charge in [-0.1, -0.05) is 97.8 Å². The van der Waals surface area contributed by atoms with Gasteiger partial charge in [0.05, 0.1) is 26.7 Å². The van der Waals surface area contributed by atoms with Crippen LogP contribution in [-0.2, 0) is 4.79 Å². The Labute approximate surface area is 190 Å². The number of aliphatic carboxylic acids is 1. The predicted octanol–water partition coefficient (Wildman–Crippen LogP) is 7.27. The van der Waals surface area contributed by atoms with E-state index in [1.165, 1.54) is 140 Å². The van der Waals surface area contributed by atoms with E-state index >= 15 is 0 Å². The lowest BCUT2D eigenvalue weighted by Gasteiger charge is -2.35. The molecule has 3 heteroatoms. The predicted molar refractivity (Wildman–Crippen MR) is 132 cm³/mol. The molecule has 0 heterocycles. The number of hydrogen-bond acceptors (Lipinski definition) is 2. The van der Waals surface area contributed by atoms with Crippen molar-refractivity contribution < 1.29 is 14.4 Å². The molecule has 0 fully saturated rings. The van der Waals surface area contributed by atoms with Gasteiger partial charge in [0.1, 0.15) is 0 Å². The summed E-state index contributed by atoms with van der Waals surface area (Å²) in [5.74, 6) is -1.08. The lowest BCUT2D eigenvalue weighted by molar-refractivity contribution is -0.910. The van der Waals surface area contributed by atoms with Crippen molar-refractivity contribution in [2.24, 2.45) is 0 Å². The molecule has 0 aliphatic heterocycles. The van der Waals surface area contributed by atoms with Crippen LogP contribution in [0.4, 0.5) is 0 Å². The largest absolute Gasteiger partial charge is 0.550 e. The van der Waals surface area contributed by atoms with Crippen LogP contribution in [0.1, 0.15) is 143 Å². The maximum absolute atomic E-state index is 8.89. The van der Waals surface area contributed by atoms with Gasteiger partial charge in [-0.05, 0) is 45.4 Å². The Bertz CT molecular complexity index is 299. The molecule has 0 rings (SSSR count). The van der Waals surface area contributed by atoms with Gasteiger partial charge in [0.15, 0.2) is 0 Å². The molecule has 0 bridgehead atoms. The van der Waals surface area contributed by atoms with Crippen molar-refractivity contribution in [3.63, 3.8) is 0 Å². The highest BCUT2D eigenvalue weighted by Crippen LogP contribution is 2.16. The van der Waals surface area contributed by atoms with E-state index in [1.54, 1.807) is 0 Å². The summed E-state index contributed by atoms with van der Waals surface area (Å²) in [5, 5.41) is 8.89. The Hall–Kier alpha value is -0.570. The third kappa shape index (κ3) is 27.4. The first-order valence-corrected chi connectivity index (χ1v) is 13.4. The van der Waals surface area contributed by atoms with E-state index in [0.717, 1.165) is 6.92 Å². The second-order valence-corrected chi connectivity index (χ2v) is 9.59. The summed E-state index contributed by atoms with van der Waals surface area (Å²) in [6.45, 7) is 12.2. The molecule has 0 aromatic rings. The van der Waals surface area contributed by atoms with Gasteiger partial charge >= 0.3 is 0 Å². The van der Waals surface area contributed by atoms with Gasteiger partial charge in [-0.3, -0.25) is 0 Å². The molecule has 0 N–H and O–H groups in total. The monoisotopic (exact) mass is 427 g/mol. The Morgan fingerprint density at radius 2 is 0.733 bits per heavy atom. The molecule has 0 spiro atoms. The van der Waals surface area contributed by atoms with Gasteiger partial charge in [0.2, 0.25) is 0 Å². The van der Waals surface area contributed by atoms with Gasteiger partial charge in [-0.25, -0.2) is 0 Å². The summed E-state index contributed by atoms with van der Waals surface area (Å²) < 4.78 is 1.36. The molecule has 0 aromatic heterocycles. The minimum Gasteiger partial charge on any atom is -0.550 e. The molecule has 0 atom stereocenters. The number of nitrogens with zero attached hydrogens (tertiary/aromatic N) is 1. The first-order valence-electron chi connectivity index (χ1n) is 13.4. The highest BCUT2D eigenvalue weighted by atomic mass is 16.4. The van der Waals surface area contributed by atoms with E-state index in [-0.39, 0.29) is 0 Å². The fourth-order valence-corrected chi connectivity index (χ4v) is 4.16. The van der Waals surface area contributed by atoms with Crippen LogP contribution in [0.2, 0.25) is 0 Å². The molecule has 0 saturated heterocycles. The molecule has 0 aromatic carbocycles. The van der Waals surface area contributed by atoms with E-state index < -0.39 is 5.97 Å². The normalized spacial score (nSPS) is 11.2. The molecule has 30 heavy (non-hydrogen) atoms. The van der Waals surface area contributed by atoms with Crippen molar-refractivity contribution in [1.82, 2.24) is 0 Å². The first-order chi connectivity index (χ1) is 14.4. The number of rotatable bonds is 21. The number of hydrogen-bond donors (Lipinski definition) is 0. The standard InChI is InChI=1S/C25H54N.C2H4O2/c1-5-8-11-14-17-20-23-26(4,24-21-18-15-12-9-6-2)25-22-19-16-13-10-7-3;1-2(3)4/h5-25H2,1-4H3;1H3,(H,3,4)/q+1;/p-1. The van der Waals surface area contributed by atoms with E-state index in [9.17, 15) is 0 Å². The third-order valence-corrected chi connectivity index (χ3v) is 6.15. The first kappa shape index (κ1) is 31.6. The minimum atomic E-state index is -1.08. The molecule has 0 saturated carbocycles. The number of carboxylic acids is 1. The second kappa shape index (κ2) is 24.7. The summed E-state index contributed by atoms with van der Waals surface area (Å²) >= 11 is 0. The van der Waals surface area contributed by atoms with E-state index in [2.05, 4.69) is 27.8 Å². The zero-order valence-electron chi connectivity index (χ0n) is 21.6. The lowest BCUT2D eigenvalue weighted by Crippen LogP contribution is -2.46. The van der Waals surface area contributed by atoms with Crippen molar-refractivity contribution in [2.75, 3.05) is 26.7 Å². The van der Waals surface area contributed by atoms with Crippen molar-refractivity contribution in [1.29, 1.82) is 0 Å². The molecule has 182 valence electrons. The molecule has 3 nitrogen and oxygen atoms in total. The zero-order chi connectivity index (χ0) is 22.9. The van der Waals surface area contributed by atoms with Crippen LogP contribution in [0.3, 0.4) is 0 Å². The summed E-state index contributed by atoms with van der Waals surface area (Å²) in [6.07, 6.45) is 25.9. The average molecular weight is 428 g/mol. The SMILES string of the molecule is CC(=O)[O-].CCCCCCCC[N+](C)(CCCCCCCC)CCCCCCCC. The maximum Gasteiger partial charge on any atom is 0.0784 e. The van der Waals surface area contributed by atoms with Crippen molar-refractivity contribution >= 4 is 5.97 Å². The molecule has 0 aliphatic carbocycles. The highest BCUT2D eigenvalue weighted by molar-refractivity contribution is 5.60. The molecule has 0 amide bonds. The van der Waals surface area contributed by atoms with Crippen LogP contribution >= 0.6 is 0 Å². The summed E-state index contributed by atoms with van der Waals surface area (Å²) in [7, 11) is 2.56. The van der Waals surface area contributed by atoms with Gasteiger partial charge in [0, 0.05) is 5.97 Å². The molecular formula is C27H57NO2. The number of unbranched alkanes of at least 4 members (excludes halogenated alkanes) is 15. The summed E-state index contributed by atoms with van der Waals surface area (Å²) in [6, 6.07) is 0. The highest BCUT2D eigenvalue weighted by Gasteiger charge is 2.20. The topological polar surface area (TPSA) is 40.1 Å². The lowest BCUT2D eigenvalue weighted by atomic mass is 10.1. The van der Waals surface area contributed by atoms with Crippen LogP contribution in [0, 0.1) is 0 Å². The Kier molecular flexibility index (Phi) is 26.0. The minimum absolute atomic E-state index is 0.972. The molecule has 0 aliphatic rings.